The fourth-order valence-electron chi connectivity index (χ4n) is 4.24. The average Bonchev–Trinajstić information content (AvgIpc) is 2.83. The molecule has 0 bridgehead atoms. The minimum atomic E-state index is 0.120. The van der Waals surface area contributed by atoms with Crippen molar-refractivity contribution in [2.24, 2.45) is 0 Å². The van der Waals surface area contributed by atoms with Gasteiger partial charge in [0.25, 0.3) is 5.91 Å². The summed E-state index contributed by atoms with van der Waals surface area (Å²) in [4.78, 5) is 22.2. The summed E-state index contributed by atoms with van der Waals surface area (Å²) in [5, 5.41) is 0. The van der Waals surface area contributed by atoms with Crippen LogP contribution in [-0.2, 0) is 0 Å². The smallest absolute Gasteiger partial charge is 0.253 e. The lowest BCUT2D eigenvalue weighted by molar-refractivity contribution is 0.0622. The first-order valence-electron chi connectivity index (χ1n) is 10.9. The molecule has 2 heterocycles. The van der Waals surface area contributed by atoms with Crippen LogP contribution in [0.2, 0.25) is 0 Å². The van der Waals surface area contributed by atoms with E-state index in [2.05, 4.69) is 45.0 Å². The first kappa shape index (κ1) is 20.7. The Kier molecular flexibility index (Phi) is 6.87. The van der Waals surface area contributed by atoms with E-state index in [0.717, 1.165) is 76.8 Å². The largest absolute Gasteiger partial charge is 0.497 e. The summed E-state index contributed by atoms with van der Waals surface area (Å²) in [6, 6.07) is 18.1. The van der Waals surface area contributed by atoms with E-state index in [1.54, 1.807) is 7.11 Å². The molecule has 2 saturated heterocycles. The predicted octanol–water partition coefficient (Wildman–Crippen LogP) is 2.28. The molecule has 2 aliphatic heterocycles. The van der Waals surface area contributed by atoms with Crippen LogP contribution in [0, 0.1) is 0 Å². The molecule has 2 aromatic rings. The summed E-state index contributed by atoms with van der Waals surface area (Å²) >= 11 is 0. The fourth-order valence-corrected chi connectivity index (χ4v) is 4.24. The minimum absolute atomic E-state index is 0.120. The zero-order valence-electron chi connectivity index (χ0n) is 17.9. The van der Waals surface area contributed by atoms with E-state index in [1.807, 2.05) is 29.2 Å². The number of methoxy groups -OCH3 is 1. The zero-order valence-corrected chi connectivity index (χ0v) is 17.9. The van der Waals surface area contributed by atoms with Crippen molar-refractivity contribution >= 4 is 11.6 Å². The molecule has 0 N–H and O–H groups in total. The Balaban J connectivity index is 1.17. The molecule has 6 nitrogen and oxygen atoms in total. The number of rotatable bonds is 6. The number of piperazine rings is 2. The van der Waals surface area contributed by atoms with E-state index >= 15 is 0 Å². The first-order chi connectivity index (χ1) is 14.7. The number of carbonyl (C=O) groups excluding carboxylic acids is 1. The number of hydrogen-bond donors (Lipinski definition) is 0. The Morgan fingerprint density at radius 1 is 0.767 bits per heavy atom. The molecule has 0 aromatic heterocycles. The lowest BCUT2D eigenvalue weighted by atomic mass is 10.1. The van der Waals surface area contributed by atoms with E-state index in [0.29, 0.717) is 0 Å². The van der Waals surface area contributed by atoms with Gasteiger partial charge in [0.15, 0.2) is 0 Å². The summed E-state index contributed by atoms with van der Waals surface area (Å²) < 4.78 is 5.18. The summed E-state index contributed by atoms with van der Waals surface area (Å²) in [6.45, 7) is 10.1. The van der Waals surface area contributed by atoms with Crippen molar-refractivity contribution in [1.82, 2.24) is 14.7 Å². The molecule has 160 valence electrons. The molecule has 0 atom stereocenters. The van der Waals surface area contributed by atoms with Gasteiger partial charge in [0, 0.05) is 76.7 Å². The second kappa shape index (κ2) is 9.96. The van der Waals surface area contributed by atoms with Gasteiger partial charge in [0.05, 0.1) is 7.11 Å². The normalized spacial score (nSPS) is 18.4. The Hall–Kier alpha value is -2.57. The van der Waals surface area contributed by atoms with Gasteiger partial charge < -0.3 is 14.5 Å². The number of nitrogens with zero attached hydrogens (tertiary/aromatic N) is 4. The van der Waals surface area contributed by atoms with Gasteiger partial charge in [-0.1, -0.05) is 18.2 Å². The summed E-state index contributed by atoms with van der Waals surface area (Å²) in [6.07, 6.45) is 0. The quantitative estimate of drug-likeness (QED) is 0.733. The Labute approximate surface area is 179 Å². The molecule has 4 rings (SSSR count). The topological polar surface area (TPSA) is 39.3 Å². The highest BCUT2D eigenvalue weighted by atomic mass is 16.5. The van der Waals surface area contributed by atoms with Gasteiger partial charge in [-0.25, -0.2) is 0 Å². The van der Waals surface area contributed by atoms with Crippen LogP contribution in [0.1, 0.15) is 10.4 Å². The number of carbonyl (C=O) groups is 1. The Morgan fingerprint density at radius 2 is 1.33 bits per heavy atom. The molecule has 2 aromatic carbocycles. The molecule has 1 amide bonds. The van der Waals surface area contributed by atoms with E-state index in [9.17, 15) is 4.79 Å². The summed E-state index contributed by atoms with van der Waals surface area (Å²) in [5.41, 5.74) is 2.07. The molecular formula is C24H32N4O2. The van der Waals surface area contributed by atoms with Crippen molar-refractivity contribution in [3.05, 3.63) is 60.2 Å². The van der Waals surface area contributed by atoms with E-state index < -0.39 is 0 Å². The van der Waals surface area contributed by atoms with Crippen LogP contribution in [-0.4, -0.2) is 93.2 Å². The number of ether oxygens (including phenoxy) is 1. The lowest BCUT2D eigenvalue weighted by Crippen LogP contribution is -2.52. The van der Waals surface area contributed by atoms with Gasteiger partial charge >= 0.3 is 0 Å². The summed E-state index contributed by atoms with van der Waals surface area (Å²) in [5.74, 6) is 0.898. The standard InChI is InChI=1S/C24H32N4O2/c1-30-23-9-7-21(8-10-23)24(29)28-19-15-26(16-20-28)12-11-25-13-17-27(18-14-25)22-5-3-2-4-6-22/h2-10H,11-20H2,1H3. The van der Waals surface area contributed by atoms with Crippen LogP contribution in [0.25, 0.3) is 0 Å². The molecular weight excluding hydrogens is 376 g/mol. The van der Waals surface area contributed by atoms with Gasteiger partial charge in [-0.05, 0) is 36.4 Å². The van der Waals surface area contributed by atoms with E-state index in [1.165, 1.54) is 5.69 Å². The molecule has 0 aliphatic carbocycles. The predicted molar refractivity (Wildman–Crippen MR) is 120 cm³/mol. The molecule has 0 spiro atoms. The molecule has 2 fully saturated rings. The molecule has 0 unspecified atom stereocenters. The van der Waals surface area contributed by atoms with Crippen molar-refractivity contribution in [3.8, 4) is 5.75 Å². The van der Waals surface area contributed by atoms with E-state index in [4.69, 9.17) is 4.74 Å². The van der Waals surface area contributed by atoms with Crippen molar-refractivity contribution in [1.29, 1.82) is 0 Å². The maximum absolute atomic E-state index is 12.7. The molecule has 6 heteroatoms. The van der Waals surface area contributed by atoms with Gasteiger partial charge in [-0.3, -0.25) is 14.6 Å². The maximum atomic E-state index is 12.7. The molecule has 30 heavy (non-hydrogen) atoms. The van der Waals surface area contributed by atoms with Crippen molar-refractivity contribution in [2.75, 3.05) is 77.5 Å². The SMILES string of the molecule is COc1ccc(C(=O)N2CCN(CCN3CCN(c4ccccc4)CC3)CC2)cc1. The third-order valence-electron chi connectivity index (χ3n) is 6.22. The molecule has 0 radical (unpaired) electrons. The highest BCUT2D eigenvalue weighted by Gasteiger charge is 2.23. The number of anilines is 1. The van der Waals surface area contributed by atoms with Gasteiger partial charge in [0.1, 0.15) is 5.75 Å². The average molecular weight is 409 g/mol. The van der Waals surface area contributed by atoms with Crippen LogP contribution >= 0.6 is 0 Å². The number of benzene rings is 2. The monoisotopic (exact) mass is 408 g/mol. The fraction of sp³-hybridized carbons (Fsp3) is 0.458. The lowest BCUT2D eigenvalue weighted by Gasteiger charge is -2.39. The second-order valence-electron chi connectivity index (χ2n) is 8.03. The van der Waals surface area contributed by atoms with Crippen molar-refractivity contribution < 1.29 is 9.53 Å². The maximum Gasteiger partial charge on any atom is 0.253 e. The Bertz CT molecular complexity index is 796. The van der Waals surface area contributed by atoms with Gasteiger partial charge in [-0.15, -0.1) is 0 Å². The van der Waals surface area contributed by atoms with E-state index in [-0.39, 0.29) is 5.91 Å². The zero-order chi connectivity index (χ0) is 20.8. The summed E-state index contributed by atoms with van der Waals surface area (Å²) in [7, 11) is 1.64. The number of para-hydroxylation sites is 1. The Morgan fingerprint density at radius 3 is 1.90 bits per heavy atom. The van der Waals surface area contributed by atoms with Gasteiger partial charge in [0.2, 0.25) is 0 Å². The van der Waals surface area contributed by atoms with Crippen LogP contribution in [0.5, 0.6) is 5.75 Å². The molecule has 0 saturated carbocycles. The molecule has 2 aliphatic rings. The van der Waals surface area contributed by atoms with Gasteiger partial charge in [-0.2, -0.15) is 0 Å². The highest BCUT2D eigenvalue weighted by Crippen LogP contribution is 2.16. The van der Waals surface area contributed by atoms with Crippen molar-refractivity contribution in [3.63, 3.8) is 0 Å². The van der Waals surface area contributed by atoms with Crippen LogP contribution in [0.3, 0.4) is 0 Å². The highest BCUT2D eigenvalue weighted by molar-refractivity contribution is 5.94. The second-order valence-corrected chi connectivity index (χ2v) is 8.03. The first-order valence-corrected chi connectivity index (χ1v) is 10.9. The van der Waals surface area contributed by atoms with Crippen LogP contribution in [0.15, 0.2) is 54.6 Å². The van der Waals surface area contributed by atoms with Crippen molar-refractivity contribution in [2.45, 2.75) is 0 Å². The third-order valence-corrected chi connectivity index (χ3v) is 6.22. The number of hydrogen-bond acceptors (Lipinski definition) is 5. The third kappa shape index (κ3) is 5.12. The van der Waals surface area contributed by atoms with Crippen LogP contribution in [0.4, 0.5) is 5.69 Å². The number of amides is 1. The minimum Gasteiger partial charge on any atom is -0.497 e. The van der Waals surface area contributed by atoms with Crippen LogP contribution < -0.4 is 9.64 Å².